The summed E-state index contributed by atoms with van der Waals surface area (Å²) in [7, 11) is -6.89. The lowest BCUT2D eigenvalue weighted by Crippen LogP contribution is -2.13. The van der Waals surface area contributed by atoms with E-state index in [1.807, 2.05) is 36.4 Å². The molecule has 1 aliphatic heterocycles. The van der Waals surface area contributed by atoms with E-state index < -0.39 is 19.7 Å². The minimum atomic E-state index is -3.46. The average molecular weight is 738 g/mol. The van der Waals surface area contributed by atoms with Crippen molar-refractivity contribution in [2.45, 2.75) is 108 Å². The monoisotopic (exact) mass is 737 g/mol. The zero-order valence-corrected chi connectivity index (χ0v) is 31.6. The van der Waals surface area contributed by atoms with E-state index in [0.717, 1.165) is 70.1 Å². The molecule has 0 spiro atoms. The molecule has 4 aromatic carbocycles. The molecule has 4 aromatic rings. The molecule has 1 fully saturated rings. The van der Waals surface area contributed by atoms with Crippen molar-refractivity contribution in [1.29, 1.82) is 5.26 Å². The maximum Gasteiger partial charge on any atom is 0.206 e. The highest BCUT2D eigenvalue weighted by atomic mass is 32.2. The zero-order chi connectivity index (χ0) is 36.1. The van der Waals surface area contributed by atoms with Gasteiger partial charge in [0.05, 0.1) is 25.7 Å². The van der Waals surface area contributed by atoms with Crippen LogP contribution in [0, 0.1) is 11.3 Å². The lowest BCUT2D eigenvalue weighted by atomic mass is 9.80. The van der Waals surface area contributed by atoms with Gasteiger partial charge in [0.15, 0.2) is 0 Å². The Morgan fingerprint density at radius 2 is 1.10 bits per heavy atom. The third-order valence-electron chi connectivity index (χ3n) is 10.0. The Kier molecular flexibility index (Phi) is 15.7. The highest BCUT2D eigenvalue weighted by Crippen LogP contribution is 2.38. The number of nitrogens with two attached hydrogens (primary N) is 1. The molecule has 2 atom stereocenters. The first-order valence-corrected chi connectivity index (χ1v) is 21.2. The Morgan fingerprint density at radius 3 is 1.50 bits per heavy atom. The molecule has 10 heteroatoms. The maximum absolute atomic E-state index is 12.8. The summed E-state index contributed by atoms with van der Waals surface area (Å²) in [6.45, 7) is 2.71. The molecular weight excluding hydrogens is 687 g/mol. The smallest absolute Gasteiger partial charge is 0.206 e. The van der Waals surface area contributed by atoms with Gasteiger partial charge in [0.1, 0.15) is 0 Å². The van der Waals surface area contributed by atoms with E-state index in [-0.39, 0.29) is 8.41 Å². The van der Waals surface area contributed by atoms with E-state index in [1.54, 1.807) is 60.7 Å². The molecule has 3 radical (unpaired) electrons. The quantitative estimate of drug-likeness (QED) is 0.171. The summed E-state index contributed by atoms with van der Waals surface area (Å²) >= 11 is 0. The van der Waals surface area contributed by atoms with Gasteiger partial charge < -0.3 is 10.5 Å². The molecule has 0 saturated carbocycles. The second-order valence-electron chi connectivity index (χ2n) is 13.5. The van der Waals surface area contributed by atoms with Crippen LogP contribution in [-0.4, -0.2) is 45.0 Å². The first kappa shape index (κ1) is 41.0. The Morgan fingerprint density at radius 1 is 0.635 bits per heavy atom. The topological polar surface area (TPSA) is 127 Å². The Hall–Kier alpha value is -3.75. The second kappa shape index (κ2) is 19.9. The number of aryl methyl sites for hydroxylation is 2. The fourth-order valence-electron chi connectivity index (χ4n) is 7.30. The average Bonchev–Trinajstić information content (AvgIpc) is 3.77. The van der Waals surface area contributed by atoms with Crippen molar-refractivity contribution in [3.8, 4) is 6.07 Å². The van der Waals surface area contributed by atoms with E-state index in [9.17, 15) is 16.8 Å². The molecule has 52 heavy (non-hydrogen) atoms. The van der Waals surface area contributed by atoms with Gasteiger partial charge >= 0.3 is 0 Å². The normalized spacial score (nSPS) is 17.8. The summed E-state index contributed by atoms with van der Waals surface area (Å²) in [5.74, 6) is 0.905. The third kappa shape index (κ3) is 10.4. The van der Waals surface area contributed by atoms with Crippen molar-refractivity contribution < 1.29 is 21.6 Å². The van der Waals surface area contributed by atoms with Gasteiger partial charge in [-0.25, -0.2) is 16.8 Å². The van der Waals surface area contributed by atoms with Gasteiger partial charge in [-0.05, 0) is 160 Å². The molecule has 2 unspecified atom stereocenters. The molecular formula is C42H50BN2O5S2. The molecule has 0 bridgehead atoms. The van der Waals surface area contributed by atoms with Gasteiger partial charge in [-0.15, -0.1) is 0 Å². The fourth-order valence-corrected chi connectivity index (χ4v) is 9.97. The zero-order valence-electron chi connectivity index (χ0n) is 30.0. The second-order valence-corrected chi connectivity index (χ2v) is 17.4. The Balaban J connectivity index is 0.000000201. The predicted octanol–water partition coefficient (Wildman–Crippen LogP) is 8.34. The first-order chi connectivity index (χ1) is 24.8. The van der Waals surface area contributed by atoms with Crippen LogP contribution in [0.3, 0.4) is 0 Å². The van der Waals surface area contributed by atoms with Crippen LogP contribution < -0.4 is 5.73 Å². The highest BCUT2D eigenvalue weighted by molar-refractivity contribution is 7.91. The molecule has 1 saturated heterocycles. The van der Waals surface area contributed by atoms with Crippen molar-refractivity contribution in [3.05, 3.63) is 119 Å². The number of rotatable bonds is 9. The maximum atomic E-state index is 12.8. The fraction of sp³-hybridized carbons (Fsp3) is 0.405. The van der Waals surface area contributed by atoms with Gasteiger partial charge in [0.2, 0.25) is 19.7 Å². The molecule has 3 aliphatic rings. The summed E-state index contributed by atoms with van der Waals surface area (Å²) < 4.78 is 55.9. The number of nitrogens with zero attached hydrogens (tertiary/aromatic N) is 1. The van der Waals surface area contributed by atoms with Crippen LogP contribution in [0.25, 0.3) is 0 Å². The van der Waals surface area contributed by atoms with Crippen LogP contribution in [-0.2, 0) is 37.3 Å². The van der Waals surface area contributed by atoms with Crippen LogP contribution in [0.5, 0.6) is 0 Å². The summed E-state index contributed by atoms with van der Waals surface area (Å²) in [5.41, 5.74) is 10.5. The lowest BCUT2D eigenvalue weighted by Gasteiger charge is -2.26. The van der Waals surface area contributed by atoms with E-state index in [0.29, 0.717) is 44.4 Å². The van der Waals surface area contributed by atoms with Crippen molar-refractivity contribution >= 4 is 28.1 Å². The third-order valence-corrected chi connectivity index (χ3v) is 13.6. The van der Waals surface area contributed by atoms with Crippen LogP contribution in [0.1, 0.15) is 98.3 Å². The van der Waals surface area contributed by atoms with Gasteiger partial charge in [-0.3, -0.25) is 0 Å². The van der Waals surface area contributed by atoms with Crippen LogP contribution >= 0.6 is 0 Å². The van der Waals surface area contributed by atoms with Crippen molar-refractivity contribution in [1.82, 2.24) is 0 Å². The number of hydrogen-bond donors (Lipinski definition) is 1. The van der Waals surface area contributed by atoms with Crippen molar-refractivity contribution in [3.63, 3.8) is 0 Å². The Bertz CT molecular complexity index is 1970. The molecule has 2 aliphatic carbocycles. The molecule has 0 aromatic heterocycles. The Labute approximate surface area is 313 Å². The van der Waals surface area contributed by atoms with Gasteiger partial charge in [0, 0.05) is 28.0 Å². The highest BCUT2D eigenvalue weighted by Gasteiger charge is 2.25. The molecule has 0 amide bonds. The molecule has 2 N–H and O–H groups in total. The van der Waals surface area contributed by atoms with Crippen molar-refractivity contribution in [2.24, 2.45) is 5.73 Å². The molecule has 7 rings (SSSR count). The number of nitriles is 1. The minimum Gasteiger partial charge on any atom is -0.381 e. The molecule has 7 nitrogen and oxygen atoms in total. The number of benzene rings is 4. The van der Waals surface area contributed by atoms with Gasteiger partial charge in [0.25, 0.3) is 0 Å². The summed E-state index contributed by atoms with van der Waals surface area (Å²) in [6, 6.07) is 30.6. The summed E-state index contributed by atoms with van der Waals surface area (Å²) in [6.07, 6.45) is 12.4. The van der Waals surface area contributed by atoms with Crippen molar-refractivity contribution in [2.75, 3.05) is 19.8 Å². The molecule has 1 heterocycles. The summed E-state index contributed by atoms with van der Waals surface area (Å²) in [4.78, 5) is 1.46. The first-order valence-electron chi connectivity index (χ1n) is 18.3. The lowest BCUT2D eigenvalue weighted by molar-refractivity contribution is 0.198. The minimum absolute atomic E-state index is 0. The number of hydrogen-bond acceptors (Lipinski definition) is 7. The largest absolute Gasteiger partial charge is 0.381 e. The van der Waals surface area contributed by atoms with Crippen LogP contribution in [0.4, 0.5) is 0 Å². The summed E-state index contributed by atoms with van der Waals surface area (Å²) in [5, 5.41) is 8.79. The van der Waals surface area contributed by atoms with Crippen LogP contribution in [0.15, 0.2) is 117 Å². The number of sulfone groups is 2. The van der Waals surface area contributed by atoms with E-state index in [4.69, 9.17) is 15.7 Å². The van der Waals surface area contributed by atoms with E-state index in [2.05, 4.69) is 6.07 Å². The number of fused-ring (bicyclic) bond motifs is 2. The predicted molar refractivity (Wildman–Crippen MR) is 207 cm³/mol. The van der Waals surface area contributed by atoms with Gasteiger partial charge in [-0.1, -0.05) is 48.5 Å². The number of ether oxygens (including phenoxy) is 1. The van der Waals surface area contributed by atoms with Crippen LogP contribution in [0.2, 0.25) is 0 Å². The SMILES string of the molecule is C1CCOC1.N#CCCC1CCCc2cc(S(=O)(=O)c3ccccc3)ccc21.NCCCC1CCCc2cc(S(=O)(=O)c3ccccc3)ccc21.[B]. The molecule has 273 valence electrons. The van der Waals surface area contributed by atoms with Gasteiger partial charge in [-0.2, -0.15) is 5.26 Å². The standard InChI is InChI=1S/C19H23NO2S.C19H19NO2S.C4H8O.B/c2*20-13-5-8-15-6-4-7-16-14-18(11-12-19(15)16)23(21,22)17-9-2-1-3-10-17;1-2-4-5-3-1;/h1-3,9-12,14-15H,4-8,13,20H2;1-3,9-12,14-15H,4-8H2;1-4H2;. The van der Waals surface area contributed by atoms with E-state index in [1.165, 1.54) is 36.0 Å². The van der Waals surface area contributed by atoms with E-state index >= 15 is 0 Å².